The molecule has 94 valence electrons. The summed E-state index contributed by atoms with van der Waals surface area (Å²) in [5.41, 5.74) is 0.462. The molecule has 2 rings (SSSR count). The summed E-state index contributed by atoms with van der Waals surface area (Å²) in [4.78, 5) is 3.82. The first-order valence-electron chi connectivity index (χ1n) is 4.88. The number of hydrogen-bond donors (Lipinski definition) is 1. The molecule has 0 bridgehead atoms. The number of halogens is 2. The fraction of sp³-hybridized carbons (Fsp3) is 0. The molecule has 0 aliphatic heterocycles. The standard InChI is InChI=1S/C11H8Br2N2O2S/c12-8-4-5-10(9(13)7-8)15-18(16,17)11-3-1-2-6-14-11/h1-7,15H. The fourth-order valence-electron chi connectivity index (χ4n) is 1.28. The van der Waals surface area contributed by atoms with E-state index in [1.807, 2.05) is 0 Å². The van der Waals surface area contributed by atoms with Crippen LogP contribution in [-0.2, 0) is 10.0 Å². The van der Waals surface area contributed by atoms with Crippen molar-refractivity contribution in [1.82, 2.24) is 4.98 Å². The zero-order valence-corrected chi connectivity index (χ0v) is 13.0. The summed E-state index contributed by atoms with van der Waals surface area (Å²) in [7, 11) is -3.66. The van der Waals surface area contributed by atoms with Crippen LogP contribution in [-0.4, -0.2) is 13.4 Å². The number of sulfonamides is 1. The van der Waals surface area contributed by atoms with Crippen LogP contribution in [0.15, 0.2) is 56.6 Å². The second kappa shape index (κ2) is 5.38. The third kappa shape index (κ3) is 3.09. The predicted octanol–water partition coefficient (Wildman–Crippen LogP) is 3.41. The van der Waals surface area contributed by atoms with Crippen LogP contribution in [0, 0.1) is 0 Å². The summed E-state index contributed by atoms with van der Waals surface area (Å²) in [5.74, 6) is 0. The Morgan fingerprint density at radius 2 is 1.89 bits per heavy atom. The maximum atomic E-state index is 12.0. The van der Waals surface area contributed by atoms with Gasteiger partial charge in [0.05, 0.1) is 5.69 Å². The van der Waals surface area contributed by atoms with Crippen molar-refractivity contribution in [2.24, 2.45) is 0 Å². The first-order chi connectivity index (χ1) is 8.49. The number of rotatable bonds is 3. The lowest BCUT2D eigenvalue weighted by atomic mass is 10.3. The Morgan fingerprint density at radius 3 is 2.50 bits per heavy atom. The molecule has 0 amide bonds. The maximum Gasteiger partial charge on any atom is 0.279 e. The summed E-state index contributed by atoms with van der Waals surface area (Å²) in [6, 6.07) is 9.90. The molecule has 0 fully saturated rings. The molecule has 1 N–H and O–H groups in total. The lowest BCUT2D eigenvalue weighted by Crippen LogP contribution is -2.14. The first kappa shape index (κ1) is 13.5. The fourth-order valence-corrected chi connectivity index (χ4v) is 3.58. The SMILES string of the molecule is O=S(=O)(Nc1ccc(Br)cc1Br)c1ccccn1. The molecule has 0 atom stereocenters. The molecule has 0 aliphatic rings. The molecule has 1 heterocycles. The number of nitrogens with zero attached hydrogens (tertiary/aromatic N) is 1. The third-order valence-electron chi connectivity index (χ3n) is 2.09. The second-order valence-corrected chi connectivity index (χ2v) is 6.80. The molecule has 7 heteroatoms. The normalized spacial score (nSPS) is 11.2. The monoisotopic (exact) mass is 390 g/mol. The van der Waals surface area contributed by atoms with Gasteiger partial charge in [-0.25, -0.2) is 4.98 Å². The summed E-state index contributed by atoms with van der Waals surface area (Å²) in [5, 5.41) is -0.0141. The average Bonchev–Trinajstić information content (AvgIpc) is 2.34. The molecule has 1 aromatic heterocycles. The van der Waals surface area contributed by atoms with Crippen LogP contribution in [0.5, 0.6) is 0 Å². The summed E-state index contributed by atoms with van der Waals surface area (Å²) in [6.45, 7) is 0. The van der Waals surface area contributed by atoms with E-state index in [4.69, 9.17) is 0 Å². The zero-order valence-electron chi connectivity index (χ0n) is 8.97. The zero-order chi connectivity index (χ0) is 13.2. The largest absolute Gasteiger partial charge is 0.279 e. The molecule has 2 aromatic rings. The molecule has 0 spiro atoms. The van der Waals surface area contributed by atoms with Crippen molar-refractivity contribution in [2.45, 2.75) is 5.03 Å². The highest BCUT2D eigenvalue weighted by molar-refractivity contribution is 9.11. The Morgan fingerprint density at radius 1 is 1.11 bits per heavy atom. The maximum absolute atomic E-state index is 12.0. The van der Waals surface area contributed by atoms with E-state index in [0.29, 0.717) is 10.2 Å². The molecule has 0 saturated heterocycles. The van der Waals surface area contributed by atoms with Gasteiger partial charge in [0.1, 0.15) is 0 Å². The van der Waals surface area contributed by atoms with E-state index in [1.165, 1.54) is 12.3 Å². The van der Waals surface area contributed by atoms with Crippen LogP contribution in [0.2, 0.25) is 0 Å². The highest BCUT2D eigenvalue weighted by atomic mass is 79.9. The van der Waals surface area contributed by atoms with Gasteiger partial charge in [0.25, 0.3) is 10.0 Å². The highest BCUT2D eigenvalue weighted by Crippen LogP contribution is 2.27. The Bertz CT molecular complexity index is 660. The van der Waals surface area contributed by atoms with Crippen molar-refractivity contribution in [1.29, 1.82) is 0 Å². The highest BCUT2D eigenvalue weighted by Gasteiger charge is 2.16. The molecule has 4 nitrogen and oxygen atoms in total. The smallest absolute Gasteiger partial charge is 0.277 e. The van der Waals surface area contributed by atoms with Gasteiger partial charge >= 0.3 is 0 Å². The molecular formula is C11H8Br2N2O2S. The minimum Gasteiger partial charge on any atom is -0.277 e. The summed E-state index contributed by atoms with van der Waals surface area (Å²) >= 11 is 6.60. The minimum absolute atomic E-state index is 0.0141. The molecule has 1 aromatic carbocycles. The number of aromatic nitrogens is 1. The minimum atomic E-state index is -3.66. The number of anilines is 1. The molecule has 0 radical (unpaired) electrons. The van der Waals surface area contributed by atoms with Crippen LogP contribution in [0.1, 0.15) is 0 Å². The molecular weight excluding hydrogens is 384 g/mol. The van der Waals surface area contributed by atoms with Crippen LogP contribution >= 0.6 is 31.9 Å². The van der Waals surface area contributed by atoms with E-state index in [9.17, 15) is 8.42 Å². The van der Waals surface area contributed by atoms with E-state index >= 15 is 0 Å². The van der Waals surface area contributed by atoms with Gasteiger partial charge in [0.15, 0.2) is 5.03 Å². The van der Waals surface area contributed by atoms with Crippen molar-refractivity contribution in [3.8, 4) is 0 Å². The molecule has 0 saturated carbocycles. The van der Waals surface area contributed by atoms with Crippen molar-refractivity contribution in [2.75, 3.05) is 4.72 Å². The lowest BCUT2D eigenvalue weighted by molar-refractivity contribution is 0.597. The van der Waals surface area contributed by atoms with Gasteiger partial charge in [0.2, 0.25) is 0 Å². The number of benzene rings is 1. The van der Waals surface area contributed by atoms with E-state index in [0.717, 1.165) is 4.47 Å². The van der Waals surface area contributed by atoms with E-state index in [1.54, 1.807) is 30.3 Å². The second-order valence-electron chi connectivity index (χ2n) is 3.40. The van der Waals surface area contributed by atoms with Crippen LogP contribution in [0.4, 0.5) is 5.69 Å². The number of hydrogen-bond acceptors (Lipinski definition) is 3. The molecule has 0 unspecified atom stereocenters. The molecule has 0 aliphatic carbocycles. The van der Waals surface area contributed by atoms with Crippen molar-refractivity contribution in [3.05, 3.63) is 51.5 Å². The van der Waals surface area contributed by atoms with Crippen molar-refractivity contribution in [3.63, 3.8) is 0 Å². The van der Waals surface area contributed by atoms with Gasteiger partial charge in [-0.1, -0.05) is 22.0 Å². The topological polar surface area (TPSA) is 59.1 Å². The van der Waals surface area contributed by atoms with Gasteiger partial charge in [0, 0.05) is 15.1 Å². The number of pyridine rings is 1. The Hall–Kier alpha value is -0.920. The Kier molecular flexibility index (Phi) is 4.04. The Balaban J connectivity index is 2.34. The van der Waals surface area contributed by atoms with Gasteiger partial charge in [-0.3, -0.25) is 4.72 Å². The Labute approximate surface area is 122 Å². The summed E-state index contributed by atoms with van der Waals surface area (Å²) in [6.07, 6.45) is 1.44. The van der Waals surface area contributed by atoms with Crippen LogP contribution in [0.25, 0.3) is 0 Å². The van der Waals surface area contributed by atoms with Gasteiger partial charge in [-0.05, 0) is 46.3 Å². The van der Waals surface area contributed by atoms with Crippen LogP contribution in [0.3, 0.4) is 0 Å². The van der Waals surface area contributed by atoms with Crippen molar-refractivity contribution < 1.29 is 8.42 Å². The lowest BCUT2D eigenvalue weighted by Gasteiger charge is -2.09. The summed E-state index contributed by atoms with van der Waals surface area (Å²) < 4.78 is 28.0. The number of nitrogens with one attached hydrogen (secondary N) is 1. The predicted molar refractivity (Wildman–Crippen MR) is 76.9 cm³/mol. The molecule has 18 heavy (non-hydrogen) atoms. The van der Waals surface area contributed by atoms with Crippen LogP contribution < -0.4 is 4.72 Å². The van der Waals surface area contributed by atoms with E-state index in [-0.39, 0.29) is 5.03 Å². The van der Waals surface area contributed by atoms with Gasteiger partial charge in [-0.15, -0.1) is 0 Å². The van der Waals surface area contributed by atoms with Gasteiger partial charge in [-0.2, -0.15) is 8.42 Å². The quantitative estimate of drug-likeness (QED) is 0.872. The van der Waals surface area contributed by atoms with E-state index in [2.05, 4.69) is 41.6 Å². The third-order valence-corrected chi connectivity index (χ3v) is 4.52. The first-order valence-corrected chi connectivity index (χ1v) is 7.95. The van der Waals surface area contributed by atoms with Gasteiger partial charge < -0.3 is 0 Å². The van der Waals surface area contributed by atoms with Crippen molar-refractivity contribution >= 4 is 47.6 Å². The van der Waals surface area contributed by atoms with E-state index < -0.39 is 10.0 Å². The average molecular weight is 392 g/mol.